The molecule has 1 unspecified atom stereocenters. The summed E-state index contributed by atoms with van der Waals surface area (Å²) in [5, 5.41) is 6.92. The van der Waals surface area contributed by atoms with Gasteiger partial charge in [-0.25, -0.2) is 0 Å². The van der Waals surface area contributed by atoms with Crippen molar-refractivity contribution in [1.82, 2.24) is 10.5 Å². The second-order valence-corrected chi connectivity index (χ2v) is 6.02. The number of hydrogen-bond donors (Lipinski definition) is 1. The van der Waals surface area contributed by atoms with Gasteiger partial charge in [0, 0.05) is 10.5 Å². The second kappa shape index (κ2) is 5.40. The maximum absolute atomic E-state index is 12.1. The number of aryl methyl sites for hydroxylation is 2. The molecule has 3 rings (SSSR count). The Kier molecular flexibility index (Phi) is 3.61. The molecule has 1 aliphatic rings. The Morgan fingerprint density at radius 1 is 1.50 bits per heavy atom. The summed E-state index contributed by atoms with van der Waals surface area (Å²) in [6, 6.07) is 8.13. The van der Waals surface area contributed by atoms with Gasteiger partial charge in [0.15, 0.2) is 0 Å². The van der Waals surface area contributed by atoms with E-state index >= 15 is 0 Å². The Hall–Kier alpha value is -1.62. The highest BCUT2D eigenvalue weighted by Crippen LogP contribution is 2.32. The normalized spacial score (nSPS) is 17.0. The molecule has 104 valence electrons. The lowest BCUT2D eigenvalue weighted by Crippen LogP contribution is -2.28. The first-order chi connectivity index (χ1) is 9.61. The Labute approximate surface area is 125 Å². The molecule has 5 heteroatoms. The van der Waals surface area contributed by atoms with Gasteiger partial charge in [-0.05, 0) is 43.0 Å². The lowest BCUT2D eigenvalue weighted by molar-refractivity contribution is -0.121. The van der Waals surface area contributed by atoms with Crippen molar-refractivity contribution in [2.45, 2.75) is 32.2 Å². The van der Waals surface area contributed by atoms with E-state index in [2.05, 4.69) is 38.5 Å². The van der Waals surface area contributed by atoms with Crippen LogP contribution in [0.1, 0.15) is 35.0 Å². The zero-order chi connectivity index (χ0) is 14.1. The zero-order valence-corrected chi connectivity index (χ0v) is 12.7. The van der Waals surface area contributed by atoms with Crippen molar-refractivity contribution in [3.63, 3.8) is 0 Å². The molecule has 0 aliphatic heterocycles. The van der Waals surface area contributed by atoms with E-state index in [0.29, 0.717) is 5.69 Å². The van der Waals surface area contributed by atoms with Crippen molar-refractivity contribution < 1.29 is 9.32 Å². The van der Waals surface area contributed by atoms with Crippen molar-refractivity contribution in [3.05, 3.63) is 51.3 Å². The summed E-state index contributed by atoms with van der Waals surface area (Å²) in [5.41, 5.74) is 3.20. The third kappa shape index (κ3) is 2.77. The molecule has 4 nitrogen and oxygen atoms in total. The Morgan fingerprint density at radius 3 is 3.10 bits per heavy atom. The van der Waals surface area contributed by atoms with Gasteiger partial charge in [-0.1, -0.05) is 27.2 Å². The van der Waals surface area contributed by atoms with Gasteiger partial charge in [0.2, 0.25) is 5.91 Å². The second-order valence-electron chi connectivity index (χ2n) is 5.11. The molecule has 0 fully saturated rings. The summed E-state index contributed by atoms with van der Waals surface area (Å²) in [5.74, 6) is 0.711. The lowest BCUT2D eigenvalue weighted by Gasteiger charge is -2.13. The molecule has 1 aromatic heterocycles. The van der Waals surface area contributed by atoms with Crippen molar-refractivity contribution in [1.29, 1.82) is 0 Å². The fourth-order valence-electron chi connectivity index (χ4n) is 2.65. The minimum absolute atomic E-state index is 0.0148. The number of aromatic nitrogens is 1. The number of halogens is 1. The van der Waals surface area contributed by atoms with E-state index in [1.165, 1.54) is 11.1 Å². The molecule has 0 saturated carbocycles. The minimum Gasteiger partial charge on any atom is -0.361 e. The van der Waals surface area contributed by atoms with Crippen LogP contribution >= 0.6 is 15.9 Å². The number of hydrogen-bond acceptors (Lipinski definition) is 3. The maximum Gasteiger partial charge on any atom is 0.226 e. The molecule has 1 N–H and O–H groups in total. The summed E-state index contributed by atoms with van der Waals surface area (Å²) in [6.45, 7) is 1.82. The molecule has 1 aliphatic carbocycles. The summed E-state index contributed by atoms with van der Waals surface area (Å²) in [7, 11) is 0. The number of carbonyl (C=O) groups is 1. The van der Waals surface area contributed by atoms with Gasteiger partial charge in [0.25, 0.3) is 0 Å². The molecule has 1 atom stereocenters. The van der Waals surface area contributed by atoms with Crippen LogP contribution in [-0.2, 0) is 17.6 Å². The van der Waals surface area contributed by atoms with Crippen LogP contribution in [0.5, 0.6) is 0 Å². The molecule has 2 aromatic rings. The third-order valence-corrected chi connectivity index (χ3v) is 4.03. The van der Waals surface area contributed by atoms with Gasteiger partial charge in [-0.2, -0.15) is 0 Å². The summed E-state index contributed by atoms with van der Waals surface area (Å²) >= 11 is 3.48. The first-order valence-corrected chi connectivity index (χ1v) is 7.41. The number of nitrogens with one attached hydrogen (secondary N) is 1. The van der Waals surface area contributed by atoms with Gasteiger partial charge < -0.3 is 9.84 Å². The van der Waals surface area contributed by atoms with E-state index in [0.717, 1.165) is 23.1 Å². The van der Waals surface area contributed by atoms with Crippen molar-refractivity contribution in [3.8, 4) is 0 Å². The molecule has 1 aromatic carbocycles. The first-order valence-electron chi connectivity index (χ1n) is 6.62. The number of amides is 1. The molecule has 0 bridgehead atoms. The SMILES string of the molecule is Cc1cc(CC(=O)NC2CCc3cc(Br)ccc32)no1. The summed E-state index contributed by atoms with van der Waals surface area (Å²) in [6.07, 6.45) is 2.22. The average Bonchev–Trinajstić information content (AvgIpc) is 2.96. The molecular formula is C15H15BrN2O2. The Morgan fingerprint density at radius 2 is 2.35 bits per heavy atom. The summed E-state index contributed by atoms with van der Waals surface area (Å²) < 4.78 is 6.05. The predicted octanol–water partition coefficient (Wildman–Crippen LogP) is 3.09. The van der Waals surface area contributed by atoms with Crippen LogP contribution in [0.3, 0.4) is 0 Å². The van der Waals surface area contributed by atoms with E-state index in [1.54, 1.807) is 6.07 Å². The highest BCUT2D eigenvalue weighted by atomic mass is 79.9. The van der Waals surface area contributed by atoms with Crippen molar-refractivity contribution in [2.24, 2.45) is 0 Å². The molecule has 0 radical (unpaired) electrons. The van der Waals surface area contributed by atoms with Crippen LogP contribution < -0.4 is 5.32 Å². The summed E-state index contributed by atoms with van der Waals surface area (Å²) in [4.78, 5) is 12.1. The lowest BCUT2D eigenvalue weighted by atomic mass is 10.1. The van der Waals surface area contributed by atoms with E-state index < -0.39 is 0 Å². The molecule has 0 spiro atoms. The number of carbonyl (C=O) groups excluding carboxylic acids is 1. The molecule has 1 heterocycles. The number of rotatable bonds is 3. The van der Waals surface area contributed by atoms with Crippen LogP contribution in [0.25, 0.3) is 0 Å². The Bertz CT molecular complexity index is 651. The van der Waals surface area contributed by atoms with Crippen LogP contribution in [0.2, 0.25) is 0 Å². The average molecular weight is 335 g/mol. The van der Waals surface area contributed by atoms with Gasteiger partial charge >= 0.3 is 0 Å². The van der Waals surface area contributed by atoms with Crippen LogP contribution in [0, 0.1) is 6.92 Å². The first kappa shape index (κ1) is 13.4. The highest BCUT2D eigenvalue weighted by molar-refractivity contribution is 9.10. The van der Waals surface area contributed by atoms with E-state index in [9.17, 15) is 4.79 Å². The van der Waals surface area contributed by atoms with Gasteiger partial charge in [-0.15, -0.1) is 0 Å². The van der Waals surface area contributed by atoms with E-state index in [-0.39, 0.29) is 18.4 Å². The minimum atomic E-state index is -0.0148. The maximum atomic E-state index is 12.1. The quantitative estimate of drug-likeness (QED) is 0.938. The fourth-order valence-corrected chi connectivity index (χ4v) is 3.06. The third-order valence-electron chi connectivity index (χ3n) is 3.54. The smallest absolute Gasteiger partial charge is 0.226 e. The topological polar surface area (TPSA) is 55.1 Å². The zero-order valence-electron chi connectivity index (χ0n) is 11.1. The number of fused-ring (bicyclic) bond motifs is 1. The fraction of sp³-hybridized carbons (Fsp3) is 0.333. The van der Waals surface area contributed by atoms with Crippen LogP contribution in [-0.4, -0.2) is 11.1 Å². The number of nitrogens with zero attached hydrogens (tertiary/aromatic N) is 1. The highest BCUT2D eigenvalue weighted by Gasteiger charge is 2.24. The van der Waals surface area contributed by atoms with Crippen molar-refractivity contribution in [2.75, 3.05) is 0 Å². The van der Waals surface area contributed by atoms with Gasteiger partial charge in [0.1, 0.15) is 5.76 Å². The predicted molar refractivity (Wildman–Crippen MR) is 78.3 cm³/mol. The monoisotopic (exact) mass is 334 g/mol. The molecule has 20 heavy (non-hydrogen) atoms. The molecule has 0 saturated heterocycles. The Balaban J connectivity index is 1.66. The number of benzene rings is 1. The van der Waals surface area contributed by atoms with Crippen molar-refractivity contribution >= 4 is 21.8 Å². The standard InChI is InChI=1S/C15H15BrN2O2/c1-9-6-12(18-20-9)8-15(19)17-14-5-2-10-7-11(16)3-4-13(10)14/h3-4,6-7,14H,2,5,8H2,1H3,(H,17,19). The van der Waals surface area contributed by atoms with Gasteiger partial charge in [-0.3, -0.25) is 4.79 Å². The van der Waals surface area contributed by atoms with E-state index in [1.807, 2.05) is 13.0 Å². The van der Waals surface area contributed by atoms with Crippen LogP contribution in [0.15, 0.2) is 33.3 Å². The molecule has 1 amide bonds. The molecular weight excluding hydrogens is 320 g/mol. The van der Waals surface area contributed by atoms with E-state index in [4.69, 9.17) is 4.52 Å². The van der Waals surface area contributed by atoms with Gasteiger partial charge in [0.05, 0.1) is 18.2 Å². The van der Waals surface area contributed by atoms with Crippen LogP contribution in [0.4, 0.5) is 0 Å². The largest absolute Gasteiger partial charge is 0.361 e.